The summed E-state index contributed by atoms with van der Waals surface area (Å²) < 4.78 is 122. The van der Waals surface area contributed by atoms with Crippen molar-refractivity contribution in [3.05, 3.63) is 0 Å². The molecule has 1 aliphatic carbocycles. The number of rotatable bonds is 5. The topological polar surface area (TPSA) is 35.5 Å². The Morgan fingerprint density at radius 2 is 1.57 bits per heavy atom. The van der Waals surface area contributed by atoms with Crippen molar-refractivity contribution in [2.45, 2.75) is 82.9 Å². The number of hydrogen-bond acceptors (Lipinski definition) is 3. The first-order chi connectivity index (χ1) is 12.3. The summed E-state index contributed by atoms with van der Waals surface area (Å²) in [6.45, 7) is 3.73. The Bertz CT molecular complexity index is 564. The fourth-order valence-corrected chi connectivity index (χ4v) is 3.40. The number of carbonyl (C=O) groups excluding carboxylic acids is 1. The summed E-state index contributed by atoms with van der Waals surface area (Å²) in [4.78, 5) is 11.7. The molecule has 1 saturated carbocycles. The van der Waals surface area contributed by atoms with E-state index in [9.17, 15) is 39.9 Å². The maximum Gasteiger partial charge on any atom is 0.423 e. The monoisotopic (exact) mass is 428 g/mol. The molecule has 0 amide bonds. The minimum atomic E-state index is -5.85. The van der Waals surface area contributed by atoms with Crippen molar-refractivity contribution in [3.8, 4) is 0 Å². The summed E-state index contributed by atoms with van der Waals surface area (Å²) in [6.07, 6.45) is -10.7. The third-order valence-electron chi connectivity index (χ3n) is 4.63. The molecule has 1 rings (SSSR count). The van der Waals surface area contributed by atoms with Gasteiger partial charge in [0.25, 0.3) is 11.8 Å². The van der Waals surface area contributed by atoms with Crippen LogP contribution in [0.2, 0.25) is 0 Å². The first kappa shape index (κ1) is 24.9. The minimum Gasteiger partial charge on any atom is -0.458 e. The van der Waals surface area contributed by atoms with Crippen LogP contribution in [0, 0.1) is 11.8 Å². The highest BCUT2D eigenvalue weighted by Gasteiger charge is 2.80. The summed E-state index contributed by atoms with van der Waals surface area (Å²) in [5.74, 6) is -16.5. The third-order valence-corrected chi connectivity index (χ3v) is 4.63. The fourth-order valence-electron chi connectivity index (χ4n) is 3.40. The average molecular weight is 428 g/mol. The molecule has 0 radical (unpaired) electrons. The van der Waals surface area contributed by atoms with Gasteiger partial charge in [-0.2, -0.15) is 13.2 Å². The number of halogens is 8. The molecule has 28 heavy (non-hydrogen) atoms. The van der Waals surface area contributed by atoms with E-state index >= 15 is 0 Å². The number of hydrogen-bond donors (Lipinski definition) is 0. The van der Waals surface area contributed by atoms with E-state index in [-0.39, 0.29) is 6.92 Å². The quantitative estimate of drug-likeness (QED) is 0.439. The summed E-state index contributed by atoms with van der Waals surface area (Å²) in [5, 5.41) is 0. The predicted molar refractivity (Wildman–Crippen MR) is 82.9 cm³/mol. The van der Waals surface area contributed by atoms with Crippen LogP contribution >= 0.6 is 0 Å². The van der Waals surface area contributed by atoms with Crippen LogP contribution in [0.5, 0.6) is 0 Å². The highest BCUT2D eigenvalue weighted by Crippen LogP contribution is 2.60. The van der Waals surface area contributed by atoms with Gasteiger partial charge in [0.15, 0.2) is 0 Å². The molecule has 4 atom stereocenters. The lowest BCUT2D eigenvalue weighted by atomic mass is 9.65. The molecule has 166 valence electrons. The van der Waals surface area contributed by atoms with E-state index in [4.69, 9.17) is 4.74 Å². The molecule has 0 aromatic carbocycles. The van der Waals surface area contributed by atoms with Gasteiger partial charge >= 0.3 is 12.1 Å². The maximum absolute atomic E-state index is 14.8. The zero-order chi connectivity index (χ0) is 22.3. The molecule has 0 bridgehead atoms. The van der Waals surface area contributed by atoms with Gasteiger partial charge in [-0.05, 0) is 40.0 Å². The Morgan fingerprint density at radius 3 is 1.93 bits per heavy atom. The van der Waals surface area contributed by atoms with E-state index in [0.717, 1.165) is 0 Å². The van der Waals surface area contributed by atoms with Gasteiger partial charge in [-0.3, -0.25) is 0 Å². The van der Waals surface area contributed by atoms with Gasteiger partial charge in [0, 0.05) is 0 Å². The summed E-state index contributed by atoms with van der Waals surface area (Å²) in [7, 11) is 0. The highest BCUT2D eigenvalue weighted by atomic mass is 19.4. The molecule has 0 N–H and O–H groups in total. The van der Waals surface area contributed by atoms with Crippen LogP contribution in [0.4, 0.5) is 35.1 Å². The molecule has 1 fully saturated rings. The second-order valence-corrected chi connectivity index (χ2v) is 8.07. The van der Waals surface area contributed by atoms with E-state index < -0.39 is 72.6 Å². The Morgan fingerprint density at radius 1 is 1.07 bits per heavy atom. The lowest BCUT2D eigenvalue weighted by molar-refractivity contribution is -0.393. The van der Waals surface area contributed by atoms with Crippen molar-refractivity contribution >= 4 is 5.97 Å². The van der Waals surface area contributed by atoms with Gasteiger partial charge in [-0.15, -0.1) is 0 Å². The van der Waals surface area contributed by atoms with Gasteiger partial charge < -0.3 is 9.47 Å². The Hall–Kier alpha value is -1.13. The van der Waals surface area contributed by atoms with Crippen molar-refractivity contribution in [2.24, 2.45) is 11.8 Å². The summed E-state index contributed by atoms with van der Waals surface area (Å²) >= 11 is 0. The van der Waals surface area contributed by atoms with Crippen LogP contribution in [-0.4, -0.2) is 48.0 Å². The van der Waals surface area contributed by atoms with Crippen LogP contribution in [-0.2, 0) is 14.3 Å². The van der Waals surface area contributed by atoms with E-state index in [1.807, 2.05) is 0 Å². The molecule has 0 aliphatic heterocycles. The Labute approximate surface area is 157 Å². The van der Waals surface area contributed by atoms with Gasteiger partial charge in [-0.25, -0.2) is 26.7 Å². The van der Waals surface area contributed by atoms with Crippen LogP contribution in [0.3, 0.4) is 0 Å². The Balaban J connectivity index is 3.42. The van der Waals surface area contributed by atoms with Crippen molar-refractivity contribution in [1.29, 1.82) is 0 Å². The smallest absolute Gasteiger partial charge is 0.423 e. The molecule has 0 aromatic heterocycles. The summed E-state index contributed by atoms with van der Waals surface area (Å²) in [6, 6.07) is 0. The molecule has 0 aromatic rings. The van der Waals surface area contributed by atoms with Crippen LogP contribution in [0.1, 0.15) is 47.5 Å². The van der Waals surface area contributed by atoms with Gasteiger partial charge in [0.05, 0.1) is 0 Å². The third kappa shape index (κ3) is 4.71. The number of esters is 1. The van der Waals surface area contributed by atoms with Gasteiger partial charge in [-0.1, -0.05) is 13.3 Å². The Kier molecular flexibility index (Phi) is 6.76. The van der Waals surface area contributed by atoms with Gasteiger partial charge in [0.2, 0.25) is 5.60 Å². The molecule has 4 unspecified atom stereocenters. The molecule has 0 spiro atoms. The van der Waals surface area contributed by atoms with E-state index in [1.54, 1.807) is 0 Å². The standard InChI is InChI=1S/C17H24F8O3/c1-6-9-7-15(17(23,24)25,27-8-10(26)28-13(2,3)4)16(21,22)12(11(9)18)14(5,19)20/h9,11-12H,6-8H2,1-5H3. The largest absolute Gasteiger partial charge is 0.458 e. The molecule has 0 saturated heterocycles. The SMILES string of the molecule is CCC1CC(OCC(=O)OC(C)(C)C)(C(F)(F)F)C(F)(F)C(C(C)(F)F)C1F. The molecule has 1 aliphatic rings. The second kappa shape index (κ2) is 7.60. The van der Waals surface area contributed by atoms with Crippen molar-refractivity contribution < 1.29 is 49.4 Å². The molecule has 11 heteroatoms. The summed E-state index contributed by atoms with van der Waals surface area (Å²) in [5.41, 5.74) is -5.60. The van der Waals surface area contributed by atoms with Crippen LogP contribution < -0.4 is 0 Å². The van der Waals surface area contributed by atoms with Crippen LogP contribution in [0.15, 0.2) is 0 Å². The van der Waals surface area contributed by atoms with E-state index in [2.05, 4.69) is 4.74 Å². The van der Waals surface area contributed by atoms with Crippen molar-refractivity contribution in [2.75, 3.05) is 6.61 Å². The van der Waals surface area contributed by atoms with E-state index in [1.165, 1.54) is 27.7 Å². The zero-order valence-corrected chi connectivity index (χ0v) is 16.1. The van der Waals surface area contributed by atoms with Crippen molar-refractivity contribution in [1.82, 2.24) is 0 Å². The number of carbonyl (C=O) groups is 1. The normalized spacial score (nSPS) is 31.5. The molecule has 3 nitrogen and oxygen atoms in total. The average Bonchev–Trinajstić information content (AvgIpc) is 2.41. The highest BCUT2D eigenvalue weighted by molar-refractivity contribution is 5.71. The lowest BCUT2D eigenvalue weighted by Crippen LogP contribution is -2.72. The van der Waals surface area contributed by atoms with E-state index in [0.29, 0.717) is 0 Å². The fraction of sp³-hybridized carbons (Fsp3) is 0.941. The first-order valence-electron chi connectivity index (χ1n) is 8.62. The number of alkyl halides is 8. The number of ether oxygens (including phenoxy) is 2. The minimum absolute atomic E-state index is 0.0643. The predicted octanol–water partition coefficient (Wildman–Crippen LogP) is 5.32. The second-order valence-electron chi connectivity index (χ2n) is 8.07. The van der Waals surface area contributed by atoms with Gasteiger partial charge in [0.1, 0.15) is 24.3 Å². The zero-order valence-electron chi connectivity index (χ0n) is 16.1. The molecular weight excluding hydrogens is 404 g/mol. The first-order valence-corrected chi connectivity index (χ1v) is 8.62. The molecule has 0 heterocycles. The molecular formula is C17H24F8O3. The maximum atomic E-state index is 14.8. The van der Waals surface area contributed by atoms with Crippen molar-refractivity contribution in [3.63, 3.8) is 0 Å². The lowest BCUT2D eigenvalue weighted by Gasteiger charge is -2.52. The van der Waals surface area contributed by atoms with Crippen LogP contribution in [0.25, 0.3) is 0 Å².